The fourth-order valence-corrected chi connectivity index (χ4v) is 2.34. The number of esters is 1. The Bertz CT molecular complexity index is 428. The van der Waals surface area contributed by atoms with Crippen molar-refractivity contribution in [3.8, 4) is 5.75 Å². The molecule has 3 heteroatoms. The van der Waals surface area contributed by atoms with E-state index in [0.717, 1.165) is 37.0 Å². The van der Waals surface area contributed by atoms with Gasteiger partial charge in [0.25, 0.3) is 0 Å². The fraction of sp³-hybridized carbons (Fsp3) is 0.632. The minimum atomic E-state index is -0.471. The third kappa shape index (κ3) is 6.97. The number of hydrogen-bond acceptors (Lipinski definition) is 3. The van der Waals surface area contributed by atoms with Crippen LogP contribution in [-0.4, -0.2) is 12.3 Å². The van der Waals surface area contributed by atoms with Crippen LogP contribution in [0.15, 0.2) is 24.3 Å². The largest absolute Gasteiger partial charge is 0.455 e. The van der Waals surface area contributed by atoms with Crippen LogP contribution < -0.4 is 4.74 Å². The maximum absolute atomic E-state index is 11.6. The molecule has 0 radical (unpaired) electrons. The van der Waals surface area contributed by atoms with Gasteiger partial charge in [-0.2, -0.15) is 0 Å². The number of hydrogen-bond donors (Lipinski definition) is 0. The quantitative estimate of drug-likeness (QED) is 0.317. The summed E-state index contributed by atoms with van der Waals surface area (Å²) in [6.07, 6.45) is 7.48. The molecular weight excluding hydrogens is 276 g/mol. The molecule has 0 spiro atoms. The Morgan fingerprint density at radius 1 is 1.05 bits per heavy atom. The van der Waals surface area contributed by atoms with E-state index in [1.807, 2.05) is 18.2 Å². The maximum Gasteiger partial charge on any atom is 0.308 e. The number of unbranched alkanes of at least 4 members (excludes halogenated alkanes) is 4. The summed E-state index contributed by atoms with van der Waals surface area (Å²) in [5, 5.41) is 0. The molecule has 0 amide bonds. The third-order valence-electron chi connectivity index (χ3n) is 3.71. The highest BCUT2D eigenvalue weighted by Gasteiger charge is 2.16. The van der Waals surface area contributed by atoms with Gasteiger partial charge in [-0.3, -0.25) is 4.79 Å². The summed E-state index contributed by atoms with van der Waals surface area (Å²) in [6.45, 7) is 6.11. The first-order valence-corrected chi connectivity index (χ1v) is 8.65. The fourth-order valence-electron chi connectivity index (χ4n) is 2.34. The second kappa shape index (κ2) is 11.1. The monoisotopic (exact) mass is 306 g/mol. The molecule has 0 bridgehead atoms. The summed E-state index contributed by atoms with van der Waals surface area (Å²) in [4.78, 5) is 11.6. The van der Waals surface area contributed by atoms with Gasteiger partial charge in [0.2, 0.25) is 6.29 Å². The average molecular weight is 306 g/mol. The molecule has 0 fully saturated rings. The van der Waals surface area contributed by atoms with Gasteiger partial charge in [0, 0.05) is 12.8 Å². The highest BCUT2D eigenvalue weighted by molar-refractivity contribution is 5.69. The summed E-state index contributed by atoms with van der Waals surface area (Å²) >= 11 is 0. The third-order valence-corrected chi connectivity index (χ3v) is 3.71. The topological polar surface area (TPSA) is 35.5 Å². The summed E-state index contributed by atoms with van der Waals surface area (Å²) in [6, 6.07) is 7.95. The molecule has 1 atom stereocenters. The number of benzene rings is 1. The molecule has 0 heterocycles. The van der Waals surface area contributed by atoms with Crippen molar-refractivity contribution in [2.45, 2.75) is 78.4 Å². The maximum atomic E-state index is 11.6. The minimum absolute atomic E-state index is 0.201. The molecule has 0 aliphatic rings. The van der Waals surface area contributed by atoms with E-state index in [9.17, 15) is 4.79 Å². The van der Waals surface area contributed by atoms with Crippen LogP contribution in [0.2, 0.25) is 0 Å². The van der Waals surface area contributed by atoms with Crippen molar-refractivity contribution in [2.24, 2.45) is 0 Å². The molecule has 1 rings (SSSR count). The number of carbonyl (C=O) groups excluding carboxylic acids is 1. The second-order valence-electron chi connectivity index (χ2n) is 5.55. The zero-order chi connectivity index (χ0) is 16.2. The molecule has 0 saturated carbocycles. The van der Waals surface area contributed by atoms with E-state index in [-0.39, 0.29) is 5.97 Å². The van der Waals surface area contributed by atoms with Crippen molar-refractivity contribution in [2.75, 3.05) is 0 Å². The van der Waals surface area contributed by atoms with Crippen molar-refractivity contribution in [1.82, 2.24) is 0 Å². The molecular formula is C19H30O3. The van der Waals surface area contributed by atoms with Gasteiger partial charge < -0.3 is 9.47 Å². The first kappa shape index (κ1) is 18.5. The smallest absolute Gasteiger partial charge is 0.308 e. The molecule has 0 aromatic heterocycles. The van der Waals surface area contributed by atoms with Gasteiger partial charge in [0.15, 0.2) is 0 Å². The van der Waals surface area contributed by atoms with Crippen LogP contribution in [0.3, 0.4) is 0 Å². The Labute approximate surface area is 135 Å². The average Bonchev–Trinajstić information content (AvgIpc) is 2.54. The van der Waals surface area contributed by atoms with Crippen LogP contribution in [0.1, 0.15) is 71.3 Å². The van der Waals surface area contributed by atoms with E-state index in [1.54, 1.807) is 6.92 Å². The highest BCUT2D eigenvalue weighted by atomic mass is 16.7. The zero-order valence-electron chi connectivity index (χ0n) is 14.3. The Morgan fingerprint density at radius 3 is 2.45 bits per heavy atom. The minimum Gasteiger partial charge on any atom is -0.455 e. The van der Waals surface area contributed by atoms with E-state index < -0.39 is 6.29 Å². The summed E-state index contributed by atoms with van der Waals surface area (Å²) in [5.41, 5.74) is 1.14. The van der Waals surface area contributed by atoms with Crippen molar-refractivity contribution < 1.29 is 14.3 Å². The van der Waals surface area contributed by atoms with Crippen LogP contribution in [0.4, 0.5) is 0 Å². The molecule has 0 saturated heterocycles. The number of rotatable bonds is 11. The Hall–Kier alpha value is -1.51. The van der Waals surface area contributed by atoms with E-state index in [0.29, 0.717) is 6.42 Å². The molecule has 124 valence electrons. The SMILES string of the molecule is CCCCCCCC(OC(=O)CC)Oc1ccccc1CC. The van der Waals surface area contributed by atoms with E-state index in [1.165, 1.54) is 19.3 Å². The van der Waals surface area contributed by atoms with E-state index in [2.05, 4.69) is 19.9 Å². The lowest BCUT2D eigenvalue weighted by Gasteiger charge is -2.20. The number of carbonyl (C=O) groups is 1. The zero-order valence-corrected chi connectivity index (χ0v) is 14.3. The number of ether oxygens (including phenoxy) is 2. The normalized spacial score (nSPS) is 12.0. The van der Waals surface area contributed by atoms with Crippen molar-refractivity contribution in [3.63, 3.8) is 0 Å². The van der Waals surface area contributed by atoms with Crippen molar-refractivity contribution >= 4 is 5.97 Å². The first-order valence-electron chi connectivity index (χ1n) is 8.65. The molecule has 3 nitrogen and oxygen atoms in total. The molecule has 0 aliphatic carbocycles. The standard InChI is InChI=1S/C19H30O3/c1-4-7-8-9-10-15-19(22-18(20)6-3)21-17-14-12-11-13-16(17)5-2/h11-14,19H,4-10,15H2,1-3H3. The molecule has 1 aromatic rings. The predicted molar refractivity (Wildman–Crippen MR) is 90.0 cm³/mol. The lowest BCUT2D eigenvalue weighted by atomic mass is 10.1. The van der Waals surface area contributed by atoms with Gasteiger partial charge >= 0.3 is 5.97 Å². The summed E-state index contributed by atoms with van der Waals surface area (Å²) < 4.78 is 11.4. The molecule has 0 N–H and O–H groups in total. The van der Waals surface area contributed by atoms with Crippen LogP contribution in [0.25, 0.3) is 0 Å². The first-order chi connectivity index (χ1) is 10.7. The van der Waals surface area contributed by atoms with E-state index in [4.69, 9.17) is 9.47 Å². The summed E-state index contributed by atoms with van der Waals surface area (Å²) in [5.74, 6) is 0.625. The van der Waals surface area contributed by atoms with E-state index >= 15 is 0 Å². The number of para-hydroxylation sites is 1. The molecule has 0 aliphatic heterocycles. The van der Waals surface area contributed by atoms with Crippen molar-refractivity contribution in [3.05, 3.63) is 29.8 Å². The Kier molecular flexibility index (Phi) is 9.36. The van der Waals surface area contributed by atoms with Gasteiger partial charge in [-0.25, -0.2) is 0 Å². The van der Waals surface area contributed by atoms with Gasteiger partial charge in [-0.15, -0.1) is 0 Å². The van der Waals surface area contributed by atoms with Gasteiger partial charge in [0.05, 0.1) is 0 Å². The summed E-state index contributed by atoms with van der Waals surface area (Å²) in [7, 11) is 0. The lowest BCUT2D eigenvalue weighted by Crippen LogP contribution is -2.24. The van der Waals surface area contributed by atoms with Gasteiger partial charge in [0.1, 0.15) is 5.75 Å². The van der Waals surface area contributed by atoms with Crippen LogP contribution in [-0.2, 0) is 16.0 Å². The van der Waals surface area contributed by atoms with Crippen LogP contribution >= 0.6 is 0 Å². The molecule has 1 aromatic carbocycles. The highest BCUT2D eigenvalue weighted by Crippen LogP contribution is 2.22. The van der Waals surface area contributed by atoms with Gasteiger partial charge in [-0.1, -0.05) is 64.7 Å². The predicted octanol–water partition coefficient (Wildman–Crippen LogP) is 5.27. The number of aryl methyl sites for hydroxylation is 1. The molecule has 1 unspecified atom stereocenters. The lowest BCUT2D eigenvalue weighted by molar-refractivity contribution is -0.164. The van der Waals surface area contributed by atoms with Crippen molar-refractivity contribution in [1.29, 1.82) is 0 Å². The molecule has 22 heavy (non-hydrogen) atoms. The van der Waals surface area contributed by atoms with Crippen LogP contribution in [0, 0.1) is 0 Å². The van der Waals surface area contributed by atoms with Gasteiger partial charge in [-0.05, 0) is 24.5 Å². The second-order valence-corrected chi connectivity index (χ2v) is 5.55. The Balaban J connectivity index is 2.58. The Morgan fingerprint density at radius 2 is 1.77 bits per heavy atom. The van der Waals surface area contributed by atoms with Crippen LogP contribution in [0.5, 0.6) is 5.75 Å².